The van der Waals surface area contributed by atoms with Crippen LogP contribution in [0.2, 0.25) is 10.0 Å². The fourth-order valence-corrected chi connectivity index (χ4v) is 7.20. The zero-order chi connectivity index (χ0) is 30.6. The normalized spacial score (nSPS) is 14.5. The average molecular weight is 642 g/mol. The number of hydrogen-bond donors (Lipinski definition) is 2. The first-order valence-corrected chi connectivity index (χ1v) is 16.0. The molecule has 43 heavy (non-hydrogen) atoms. The highest BCUT2D eigenvalue weighted by atomic mass is 35.5. The second kappa shape index (κ2) is 13.3. The van der Waals surface area contributed by atoms with E-state index in [1.165, 1.54) is 4.31 Å². The third-order valence-electron chi connectivity index (χ3n) is 7.40. The van der Waals surface area contributed by atoms with Gasteiger partial charge in [0.1, 0.15) is 0 Å². The van der Waals surface area contributed by atoms with Crippen LogP contribution in [-0.2, 0) is 21.4 Å². The summed E-state index contributed by atoms with van der Waals surface area (Å²) >= 11 is 12.6. The van der Waals surface area contributed by atoms with Crippen molar-refractivity contribution in [3.63, 3.8) is 0 Å². The number of rotatable bonds is 10. The number of halogens is 2. The highest BCUT2D eigenvalue weighted by molar-refractivity contribution is 7.89. The van der Waals surface area contributed by atoms with Gasteiger partial charge in [-0.15, -0.1) is 0 Å². The number of sulfonamides is 1. The van der Waals surface area contributed by atoms with Crippen LogP contribution in [0.1, 0.15) is 46.8 Å². The van der Waals surface area contributed by atoms with Crippen molar-refractivity contribution >= 4 is 45.1 Å². The van der Waals surface area contributed by atoms with E-state index in [2.05, 4.69) is 5.32 Å². The first-order chi connectivity index (χ1) is 20.6. The van der Waals surface area contributed by atoms with E-state index in [4.69, 9.17) is 33.4 Å². The van der Waals surface area contributed by atoms with E-state index in [-0.39, 0.29) is 29.7 Å². The number of amides is 1. The molecule has 1 amide bonds. The third-order valence-corrected chi connectivity index (χ3v) is 9.74. The second-order valence-electron chi connectivity index (χ2n) is 10.4. The monoisotopic (exact) mass is 640 g/mol. The highest BCUT2D eigenvalue weighted by Crippen LogP contribution is 2.34. The number of carboxylic acid groups (broad SMARTS) is 1. The first-order valence-electron chi connectivity index (χ1n) is 13.8. The Morgan fingerprint density at radius 2 is 1.58 bits per heavy atom. The summed E-state index contributed by atoms with van der Waals surface area (Å²) in [6.07, 6.45) is 1.11. The number of carbonyl (C=O) groups excluding carboxylic acids is 1. The third kappa shape index (κ3) is 7.45. The Morgan fingerprint density at radius 3 is 2.21 bits per heavy atom. The lowest BCUT2D eigenvalue weighted by Gasteiger charge is -2.31. The largest absolute Gasteiger partial charge is 0.481 e. The molecule has 2 N–H and O–H groups in total. The van der Waals surface area contributed by atoms with Crippen molar-refractivity contribution in [3.05, 3.63) is 106 Å². The maximum absolute atomic E-state index is 13.2. The molecule has 0 unspecified atom stereocenters. The van der Waals surface area contributed by atoms with E-state index in [1.807, 2.05) is 22.9 Å². The summed E-state index contributed by atoms with van der Waals surface area (Å²) in [6.45, 7) is 1.25. The van der Waals surface area contributed by atoms with Crippen LogP contribution in [0.25, 0.3) is 11.3 Å². The van der Waals surface area contributed by atoms with Crippen LogP contribution in [0, 0.1) is 0 Å². The van der Waals surface area contributed by atoms with Crippen molar-refractivity contribution in [3.8, 4) is 11.3 Å². The Kier molecular flexibility index (Phi) is 9.51. The summed E-state index contributed by atoms with van der Waals surface area (Å²) in [5, 5.41) is 17.3. The number of nitrogens with zero attached hydrogens (tertiary/aromatic N) is 3. The molecule has 2 heterocycles. The van der Waals surface area contributed by atoms with Gasteiger partial charge in [0.05, 0.1) is 23.6 Å². The topological polar surface area (TPSA) is 122 Å². The molecule has 3 aromatic carbocycles. The van der Waals surface area contributed by atoms with Gasteiger partial charge < -0.3 is 10.4 Å². The molecular weight excluding hydrogens is 611 g/mol. The molecule has 1 aromatic heterocycles. The van der Waals surface area contributed by atoms with Crippen LogP contribution >= 0.6 is 23.2 Å². The Morgan fingerprint density at radius 1 is 0.930 bits per heavy atom. The van der Waals surface area contributed by atoms with Crippen LogP contribution in [0.4, 0.5) is 0 Å². The second-order valence-corrected chi connectivity index (χ2v) is 13.2. The molecule has 9 nitrogen and oxygen atoms in total. The summed E-state index contributed by atoms with van der Waals surface area (Å²) in [7, 11) is -3.58. The van der Waals surface area contributed by atoms with Gasteiger partial charge in [0.2, 0.25) is 10.0 Å². The smallest absolute Gasteiger partial charge is 0.305 e. The molecule has 0 saturated carbocycles. The van der Waals surface area contributed by atoms with E-state index in [0.29, 0.717) is 53.8 Å². The van der Waals surface area contributed by atoms with Crippen molar-refractivity contribution < 1.29 is 23.1 Å². The Balaban J connectivity index is 1.37. The van der Waals surface area contributed by atoms with Crippen molar-refractivity contribution in [1.82, 2.24) is 19.4 Å². The fraction of sp³-hybridized carbons (Fsp3) is 0.258. The van der Waals surface area contributed by atoms with Crippen LogP contribution in [-0.4, -0.2) is 59.1 Å². The van der Waals surface area contributed by atoms with Gasteiger partial charge in [-0.2, -0.15) is 9.40 Å². The van der Waals surface area contributed by atoms with Gasteiger partial charge in [0.25, 0.3) is 5.91 Å². The summed E-state index contributed by atoms with van der Waals surface area (Å²) in [4.78, 5) is 23.4. The van der Waals surface area contributed by atoms with Gasteiger partial charge in [0, 0.05) is 52.4 Å². The van der Waals surface area contributed by atoms with Crippen LogP contribution < -0.4 is 5.32 Å². The predicted molar refractivity (Wildman–Crippen MR) is 165 cm³/mol. The van der Waals surface area contributed by atoms with Crippen LogP contribution in [0.5, 0.6) is 0 Å². The summed E-state index contributed by atoms with van der Waals surface area (Å²) in [5.74, 6) is -1.25. The highest BCUT2D eigenvalue weighted by Gasteiger charge is 2.31. The van der Waals surface area contributed by atoms with Crippen molar-refractivity contribution in [2.45, 2.75) is 36.6 Å². The number of hydrogen-bond acceptors (Lipinski definition) is 5. The maximum atomic E-state index is 13.2. The molecule has 12 heteroatoms. The van der Waals surface area contributed by atoms with Crippen molar-refractivity contribution in [2.75, 3.05) is 19.6 Å². The van der Waals surface area contributed by atoms with Gasteiger partial charge in [-0.25, -0.2) is 8.42 Å². The van der Waals surface area contributed by atoms with Gasteiger partial charge >= 0.3 is 5.97 Å². The minimum Gasteiger partial charge on any atom is -0.481 e. The minimum atomic E-state index is -3.58. The molecule has 5 rings (SSSR count). The number of aliphatic carboxylic acids is 1. The molecule has 1 aliphatic rings. The molecule has 224 valence electrons. The number of nitrogens with one attached hydrogen (secondary N) is 1. The number of piperidine rings is 1. The number of aromatic nitrogens is 2. The molecular formula is C31H30Cl2N4O5S. The van der Waals surface area contributed by atoms with E-state index in [1.54, 1.807) is 60.7 Å². The SMILES string of the molecule is O=C(O)CCNC(=O)c1ccc(Cn2nc(-c3cc(Cl)cc(Cl)c3)cc2C2CCN(S(=O)(=O)c3ccccc3)CC2)cc1. The lowest BCUT2D eigenvalue weighted by molar-refractivity contribution is -0.136. The molecule has 1 fully saturated rings. The Labute approximate surface area is 260 Å². The quantitative estimate of drug-likeness (QED) is 0.230. The first kappa shape index (κ1) is 30.7. The summed E-state index contributed by atoms with van der Waals surface area (Å²) < 4.78 is 29.8. The van der Waals surface area contributed by atoms with Crippen molar-refractivity contribution in [1.29, 1.82) is 0 Å². The molecule has 0 atom stereocenters. The summed E-state index contributed by atoms with van der Waals surface area (Å²) in [5.41, 5.74) is 3.78. The minimum absolute atomic E-state index is 0.0499. The lowest BCUT2D eigenvalue weighted by atomic mass is 9.93. The van der Waals surface area contributed by atoms with Crippen molar-refractivity contribution in [2.24, 2.45) is 0 Å². The molecule has 4 aromatic rings. The van der Waals surface area contributed by atoms with E-state index >= 15 is 0 Å². The van der Waals surface area contributed by atoms with E-state index in [0.717, 1.165) is 16.8 Å². The standard InChI is InChI=1S/C31H30Cl2N4O5S/c32-25-16-24(17-26(33)18-25)28-19-29(22-11-14-36(15-12-22)43(41,42)27-4-2-1-3-5-27)37(35-28)20-21-6-8-23(9-7-21)31(40)34-13-10-30(38)39/h1-9,16-19,22H,10-15,20H2,(H,34,40)(H,38,39). The van der Waals surface area contributed by atoms with Gasteiger partial charge in [-0.3, -0.25) is 14.3 Å². The molecule has 0 aliphatic carbocycles. The molecule has 1 saturated heterocycles. The molecule has 1 aliphatic heterocycles. The lowest BCUT2D eigenvalue weighted by Crippen LogP contribution is -2.38. The molecule has 0 spiro atoms. The molecule has 0 bridgehead atoms. The number of benzene rings is 3. The van der Waals surface area contributed by atoms with Crippen LogP contribution in [0.15, 0.2) is 83.8 Å². The maximum Gasteiger partial charge on any atom is 0.305 e. The summed E-state index contributed by atoms with van der Waals surface area (Å²) in [6, 6.07) is 22.8. The van der Waals surface area contributed by atoms with Crippen LogP contribution in [0.3, 0.4) is 0 Å². The van der Waals surface area contributed by atoms with E-state index in [9.17, 15) is 18.0 Å². The molecule has 0 radical (unpaired) electrons. The predicted octanol–water partition coefficient (Wildman–Crippen LogP) is 5.68. The number of carboxylic acids is 1. The zero-order valence-electron chi connectivity index (χ0n) is 23.1. The van der Waals surface area contributed by atoms with Gasteiger partial charge in [-0.05, 0) is 66.9 Å². The fourth-order valence-electron chi connectivity index (χ4n) is 5.18. The van der Waals surface area contributed by atoms with E-state index < -0.39 is 16.0 Å². The Hall–Kier alpha value is -3.70. The zero-order valence-corrected chi connectivity index (χ0v) is 25.4. The van der Waals surface area contributed by atoms with Gasteiger partial charge in [0.15, 0.2) is 0 Å². The number of carbonyl (C=O) groups is 2. The Bertz CT molecular complexity index is 1700. The average Bonchev–Trinajstić information content (AvgIpc) is 3.41. The van der Waals surface area contributed by atoms with Gasteiger partial charge in [-0.1, -0.05) is 53.5 Å².